The first-order chi connectivity index (χ1) is 5.11. The van der Waals surface area contributed by atoms with Crippen molar-refractivity contribution in [1.82, 2.24) is 0 Å². The Morgan fingerprint density at radius 2 is 2.09 bits per heavy atom. The summed E-state index contributed by atoms with van der Waals surface area (Å²) in [6.07, 6.45) is 0. The van der Waals surface area contributed by atoms with Crippen molar-refractivity contribution in [3.8, 4) is 0 Å². The van der Waals surface area contributed by atoms with Crippen LogP contribution in [0.2, 0.25) is 5.02 Å². The van der Waals surface area contributed by atoms with Crippen LogP contribution >= 0.6 is 11.6 Å². The molecule has 0 radical (unpaired) electrons. The molecular formula is C7H10ClN3. The van der Waals surface area contributed by atoms with Crippen molar-refractivity contribution in [3.63, 3.8) is 0 Å². The standard InChI is InChI=1S/C7H10ClN3/c1-11(10)7-3-2-5(8)4-6(7)9/h2-4H,9-10H2,1H3. The van der Waals surface area contributed by atoms with E-state index in [4.69, 9.17) is 23.2 Å². The molecular weight excluding hydrogens is 162 g/mol. The van der Waals surface area contributed by atoms with Crippen molar-refractivity contribution < 1.29 is 0 Å². The van der Waals surface area contributed by atoms with Crippen LogP contribution in [0.25, 0.3) is 0 Å². The monoisotopic (exact) mass is 171 g/mol. The second-order valence-electron chi connectivity index (χ2n) is 2.31. The molecule has 0 unspecified atom stereocenters. The molecule has 1 aromatic carbocycles. The zero-order chi connectivity index (χ0) is 8.43. The zero-order valence-corrected chi connectivity index (χ0v) is 6.97. The molecule has 11 heavy (non-hydrogen) atoms. The average Bonchev–Trinajstić information content (AvgIpc) is 1.85. The molecule has 60 valence electrons. The summed E-state index contributed by atoms with van der Waals surface area (Å²) in [4.78, 5) is 0. The van der Waals surface area contributed by atoms with Crippen molar-refractivity contribution in [1.29, 1.82) is 0 Å². The van der Waals surface area contributed by atoms with Crippen LogP contribution in [0.4, 0.5) is 11.4 Å². The minimum atomic E-state index is 0.586. The van der Waals surface area contributed by atoms with Gasteiger partial charge < -0.3 is 10.7 Å². The first-order valence-electron chi connectivity index (χ1n) is 3.14. The third-order valence-corrected chi connectivity index (χ3v) is 1.60. The maximum absolute atomic E-state index is 5.68. The zero-order valence-electron chi connectivity index (χ0n) is 6.21. The number of hydrogen-bond acceptors (Lipinski definition) is 3. The van der Waals surface area contributed by atoms with E-state index in [1.54, 1.807) is 25.2 Å². The van der Waals surface area contributed by atoms with Gasteiger partial charge in [0, 0.05) is 12.1 Å². The Labute approximate surface area is 70.5 Å². The topological polar surface area (TPSA) is 55.3 Å². The number of nitrogens with zero attached hydrogens (tertiary/aromatic N) is 1. The second kappa shape index (κ2) is 2.98. The Hall–Kier alpha value is -0.930. The van der Waals surface area contributed by atoms with E-state index >= 15 is 0 Å². The largest absolute Gasteiger partial charge is 0.397 e. The molecule has 0 atom stereocenters. The third kappa shape index (κ3) is 1.76. The molecule has 0 bridgehead atoms. The highest BCUT2D eigenvalue weighted by atomic mass is 35.5. The lowest BCUT2D eigenvalue weighted by molar-refractivity contribution is 1.02. The van der Waals surface area contributed by atoms with Crippen LogP contribution in [0.5, 0.6) is 0 Å². The second-order valence-corrected chi connectivity index (χ2v) is 2.75. The highest BCUT2D eigenvalue weighted by Gasteiger charge is 2.00. The smallest absolute Gasteiger partial charge is 0.0744 e. The summed E-state index contributed by atoms with van der Waals surface area (Å²) in [6.45, 7) is 0. The summed E-state index contributed by atoms with van der Waals surface area (Å²) < 4.78 is 0. The first-order valence-corrected chi connectivity index (χ1v) is 3.52. The average molecular weight is 172 g/mol. The van der Waals surface area contributed by atoms with Gasteiger partial charge in [-0.05, 0) is 18.2 Å². The lowest BCUT2D eigenvalue weighted by atomic mass is 10.3. The quantitative estimate of drug-likeness (QED) is 0.380. The Morgan fingerprint density at radius 3 is 2.55 bits per heavy atom. The molecule has 0 saturated carbocycles. The molecule has 0 spiro atoms. The van der Waals surface area contributed by atoms with Crippen molar-refractivity contribution in [2.75, 3.05) is 17.8 Å². The SMILES string of the molecule is CN(N)c1ccc(Cl)cc1N. The lowest BCUT2D eigenvalue weighted by Crippen LogP contribution is -2.25. The molecule has 1 rings (SSSR count). The molecule has 4 heteroatoms. The van der Waals surface area contributed by atoms with Gasteiger partial charge in [0.25, 0.3) is 0 Å². The normalized spacial score (nSPS) is 9.73. The van der Waals surface area contributed by atoms with Crippen LogP contribution in [0, 0.1) is 0 Å². The Kier molecular flexibility index (Phi) is 2.22. The summed E-state index contributed by atoms with van der Waals surface area (Å²) in [7, 11) is 1.72. The summed E-state index contributed by atoms with van der Waals surface area (Å²) in [5, 5.41) is 2.07. The van der Waals surface area contributed by atoms with Gasteiger partial charge in [0.2, 0.25) is 0 Å². The van der Waals surface area contributed by atoms with Crippen LogP contribution in [-0.2, 0) is 0 Å². The first kappa shape index (κ1) is 8.17. The van der Waals surface area contributed by atoms with E-state index in [0.29, 0.717) is 10.7 Å². The number of anilines is 2. The van der Waals surface area contributed by atoms with E-state index < -0.39 is 0 Å². The summed E-state index contributed by atoms with van der Waals surface area (Å²) in [5.74, 6) is 5.47. The number of benzene rings is 1. The molecule has 0 saturated heterocycles. The fraction of sp³-hybridized carbons (Fsp3) is 0.143. The number of hydrogen-bond donors (Lipinski definition) is 2. The minimum absolute atomic E-state index is 0.586. The summed E-state index contributed by atoms with van der Waals surface area (Å²) >= 11 is 5.68. The van der Waals surface area contributed by atoms with Crippen molar-refractivity contribution in [3.05, 3.63) is 23.2 Å². The number of hydrazine groups is 1. The van der Waals surface area contributed by atoms with E-state index in [0.717, 1.165) is 5.69 Å². The Bertz CT molecular complexity index is 260. The van der Waals surface area contributed by atoms with Gasteiger partial charge in [-0.1, -0.05) is 11.6 Å². The van der Waals surface area contributed by atoms with Crippen LogP contribution < -0.4 is 16.6 Å². The number of halogens is 1. The van der Waals surface area contributed by atoms with Gasteiger partial charge >= 0.3 is 0 Å². The van der Waals surface area contributed by atoms with Crippen LogP contribution in [0.15, 0.2) is 18.2 Å². The Morgan fingerprint density at radius 1 is 1.45 bits per heavy atom. The molecule has 0 aliphatic heterocycles. The minimum Gasteiger partial charge on any atom is -0.397 e. The van der Waals surface area contributed by atoms with E-state index in [1.165, 1.54) is 5.01 Å². The molecule has 0 amide bonds. The molecule has 1 aromatic rings. The molecule has 3 nitrogen and oxygen atoms in total. The van der Waals surface area contributed by atoms with Gasteiger partial charge in [0.1, 0.15) is 0 Å². The van der Waals surface area contributed by atoms with E-state index in [2.05, 4.69) is 0 Å². The highest BCUT2D eigenvalue weighted by molar-refractivity contribution is 6.31. The molecule has 0 aliphatic carbocycles. The van der Waals surface area contributed by atoms with E-state index in [9.17, 15) is 0 Å². The van der Waals surface area contributed by atoms with E-state index in [1.807, 2.05) is 0 Å². The van der Waals surface area contributed by atoms with Crippen molar-refractivity contribution in [2.45, 2.75) is 0 Å². The molecule has 0 fully saturated rings. The van der Waals surface area contributed by atoms with Crippen LogP contribution in [-0.4, -0.2) is 7.05 Å². The Balaban J connectivity index is 3.09. The van der Waals surface area contributed by atoms with Crippen molar-refractivity contribution >= 4 is 23.0 Å². The van der Waals surface area contributed by atoms with E-state index in [-0.39, 0.29) is 0 Å². The van der Waals surface area contributed by atoms with Gasteiger partial charge in [-0.25, -0.2) is 5.84 Å². The van der Waals surface area contributed by atoms with Gasteiger partial charge in [-0.2, -0.15) is 0 Å². The van der Waals surface area contributed by atoms with Crippen LogP contribution in [0.1, 0.15) is 0 Å². The fourth-order valence-corrected chi connectivity index (χ4v) is 1.03. The third-order valence-electron chi connectivity index (χ3n) is 1.37. The summed E-state index contributed by atoms with van der Waals surface area (Å²) in [6, 6.07) is 5.19. The summed E-state index contributed by atoms with van der Waals surface area (Å²) in [5.41, 5.74) is 6.97. The maximum atomic E-state index is 5.68. The molecule has 4 N–H and O–H groups in total. The van der Waals surface area contributed by atoms with Gasteiger partial charge in [-0.15, -0.1) is 0 Å². The maximum Gasteiger partial charge on any atom is 0.0744 e. The predicted molar refractivity (Wildman–Crippen MR) is 48.5 cm³/mol. The van der Waals surface area contributed by atoms with Crippen molar-refractivity contribution in [2.24, 2.45) is 5.84 Å². The predicted octanol–water partition coefficient (Wildman–Crippen LogP) is 1.23. The van der Waals surface area contributed by atoms with Crippen LogP contribution in [0.3, 0.4) is 0 Å². The van der Waals surface area contributed by atoms with Gasteiger partial charge in [-0.3, -0.25) is 0 Å². The lowest BCUT2D eigenvalue weighted by Gasteiger charge is -2.14. The highest BCUT2D eigenvalue weighted by Crippen LogP contribution is 2.23. The number of rotatable bonds is 1. The fourth-order valence-electron chi connectivity index (χ4n) is 0.847. The van der Waals surface area contributed by atoms with Gasteiger partial charge in [0.15, 0.2) is 0 Å². The molecule has 0 aliphatic rings. The number of nitrogens with two attached hydrogens (primary N) is 2. The molecule has 0 heterocycles. The molecule has 0 aromatic heterocycles. The number of nitrogen functional groups attached to an aromatic ring is 1. The van der Waals surface area contributed by atoms with Gasteiger partial charge in [0.05, 0.1) is 11.4 Å².